The summed E-state index contributed by atoms with van der Waals surface area (Å²) in [6, 6.07) is 14.1. The van der Waals surface area contributed by atoms with Gasteiger partial charge in [-0.25, -0.2) is 4.79 Å². The Bertz CT molecular complexity index is 1440. The number of anilines is 1. The molecule has 0 unspecified atom stereocenters. The summed E-state index contributed by atoms with van der Waals surface area (Å²) in [4.78, 5) is 35.3. The van der Waals surface area contributed by atoms with Gasteiger partial charge in [-0.1, -0.05) is 30.3 Å². The first-order valence-corrected chi connectivity index (χ1v) is 11.0. The number of methoxy groups -OCH3 is 1. The van der Waals surface area contributed by atoms with Crippen LogP contribution in [-0.4, -0.2) is 43.5 Å². The number of rotatable bonds is 8. The molecule has 2 aromatic heterocycles. The quantitative estimate of drug-likeness (QED) is 0.227. The first-order valence-electron chi connectivity index (χ1n) is 11.0. The summed E-state index contributed by atoms with van der Waals surface area (Å²) < 4.78 is 8.07. The van der Waals surface area contributed by atoms with E-state index < -0.39 is 10.9 Å². The van der Waals surface area contributed by atoms with E-state index in [1.165, 1.54) is 24.2 Å². The molecular weight excluding hydrogens is 464 g/mol. The maximum absolute atomic E-state index is 12.9. The zero-order valence-corrected chi connectivity index (χ0v) is 20.0. The van der Waals surface area contributed by atoms with Crippen LogP contribution in [0, 0.1) is 24.0 Å². The number of nitrogens with zero attached hydrogens (tertiary/aromatic N) is 5. The number of nitro groups is 1. The van der Waals surface area contributed by atoms with Gasteiger partial charge >= 0.3 is 11.7 Å². The van der Waals surface area contributed by atoms with Crippen molar-refractivity contribution in [1.29, 1.82) is 0 Å². The summed E-state index contributed by atoms with van der Waals surface area (Å²) in [6.07, 6.45) is 2.55. The van der Waals surface area contributed by atoms with E-state index in [1.807, 2.05) is 19.1 Å². The Balaban J connectivity index is 1.47. The van der Waals surface area contributed by atoms with Gasteiger partial charge in [-0.05, 0) is 43.2 Å². The van der Waals surface area contributed by atoms with E-state index >= 15 is 0 Å². The fourth-order valence-electron chi connectivity index (χ4n) is 3.83. The Morgan fingerprint density at radius 2 is 1.81 bits per heavy atom. The molecule has 11 heteroatoms. The van der Waals surface area contributed by atoms with Gasteiger partial charge in [0.15, 0.2) is 0 Å². The lowest BCUT2D eigenvalue weighted by atomic mass is 10.1. The standard InChI is InChI=1S/C25H24N6O5/c1-16-23(17(2)30(28-16)14-20-6-4-5-7-22(20)25(33)36-3)27-24(32)19-10-8-18(9-11-19)13-29-15-21(12-26-29)31(34)35/h4-12,15H,13-14H2,1-3H3,(H,27,32). The van der Waals surface area contributed by atoms with Gasteiger partial charge in [-0.15, -0.1) is 0 Å². The molecule has 0 radical (unpaired) electrons. The van der Waals surface area contributed by atoms with Crippen LogP contribution in [0.1, 0.15) is 43.2 Å². The third kappa shape index (κ3) is 5.14. The second-order valence-electron chi connectivity index (χ2n) is 8.16. The van der Waals surface area contributed by atoms with E-state index in [4.69, 9.17) is 4.74 Å². The predicted molar refractivity (Wildman–Crippen MR) is 131 cm³/mol. The van der Waals surface area contributed by atoms with E-state index in [1.54, 1.807) is 48.0 Å². The van der Waals surface area contributed by atoms with Crippen LogP contribution in [-0.2, 0) is 17.8 Å². The minimum Gasteiger partial charge on any atom is -0.465 e. The molecule has 0 saturated heterocycles. The number of ether oxygens (including phenoxy) is 1. The molecule has 0 aliphatic heterocycles. The van der Waals surface area contributed by atoms with Crippen LogP contribution in [0.15, 0.2) is 60.9 Å². The molecule has 2 heterocycles. The van der Waals surface area contributed by atoms with E-state index in [2.05, 4.69) is 15.5 Å². The van der Waals surface area contributed by atoms with Gasteiger partial charge in [0.05, 0.1) is 47.8 Å². The minimum atomic E-state index is -0.499. The monoisotopic (exact) mass is 488 g/mol. The highest BCUT2D eigenvalue weighted by molar-refractivity contribution is 6.04. The van der Waals surface area contributed by atoms with Gasteiger partial charge in [0, 0.05) is 5.56 Å². The van der Waals surface area contributed by atoms with Crippen LogP contribution >= 0.6 is 0 Å². The van der Waals surface area contributed by atoms with Crippen molar-refractivity contribution >= 4 is 23.3 Å². The summed E-state index contributed by atoms with van der Waals surface area (Å²) >= 11 is 0. The third-order valence-electron chi connectivity index (χ3n) is 5.75. The van der Waals surface area contributed by atoms with Gasteiger partial charge in [0.1, 0.15) is 12.4 Å². The number of carbonyl (C=O) groups is 2. The van der Waals surface area contributed by atoms with Crippen LogP contribution in [0.3, 0.4) is 0 Å². The molecule has 4 aromatic rings. The lowest BCUT2D eigenvalue weighted by Crippen LogP contribution is -2.14. The highest BCUT2D eigenvalue weighted by Gasteiger charge is 2.18. The lowest BCUT2D eigenvalue weighted by molar-refractivity contribution is -0.385. The molecule has 0 aliphatic carbocycles. The first kappa shape index (κ1) is 24.3. The Morgan fingerprint density at radius 1 is 1.08 bits per heavy atom. The molecule has 1 amide bonds. The fraction of sp³-hybridized carbons (Fsp3) is 0.200. The second-order valence-corrected chi connectivity index (χ2v) is 8.16. The molecule has 0 fully saturated rings. The van der Waals surface area contributed by atoms with Crippen molar-refractivity contribution in [3.63, 3.8) is 0 Å². The smallest absolute Gasteiger partial charge is 0.338 e. The van der Waals surface area contributed by atoms with Gasteiger partial charge in [0.2, 0.25) is 0 Å². The molecule has 36 heavy (non-hydrogen) atoms. The van der Waals surface area contributed by atoms with Crippen LogP contribution in [0.5, 0.6) is 0 Å². The predicted octanol–water partition coefficient (Wildman–Crippen LogP) is 3.74. The molecule has 0 saturated carbocycles. The molecule has 11 nitrogen and oxygen atoms in total. The molecule has 2 aromatic carbocycles. The van der Waals surface area contributed by atoms with E-state index in [9.17, 15) is 19.7 Å². The summed E-state index contributed by atoms with van der Waals surface area (Å²) in [6.45, 7) is 4.34. The summed E-state index contributed by atoms with van der Waals surface area (Å²) in [5, 5.41) is 22.3. The highest BCUT2D eigenvalue weighted by atomic mass is 16.6. The number of aryl methyl sites for hydroxylation is 1. The topological polar surface area (TPSA) is 134 Å². The maximum atomic E-state index is 12.9. The molecule has 184 valence electrons. The Labute approximate surface area is 206 Å². The van der Waals surface area contributed by atoms with E-state index in [-0.39, 0.29) is 11.6 Å². The van der Waals surface area contributed by atoms with Crippen molar-refractivity contribution in [2.24, 2.45) is 0 Å². The molecule has 0 aliphatic rings. The average molecular weight is 489 g/mol. The highest BCUT2D eigenvalue weighted by Crippen LogP contribution is 2.23. The Morgan fingerprint density at radius 3 is 2.47 bits per heavy atom. The molecule has 0 spiro atoms. The van der Waals surface area contributed by atoms with Gasteiger partial charge in [-0.3, -0.25) is 24.3 Å². The summed E-state index contributed by atoms with van der Waals surface area (Å²) in [5.41, 5.74) is 4.43. The fourth-order valence-corrected chi connectivity index (χ4v) is 3.83. The number of nitrogens with one attached hydrogen (secondary N) is 1. The Hall–Kier alpha value is -4.80. The number of esters is 1. The van der Waals surface area contributed by atoms with Crippen molar-refractivity contribution in [3.8, 4) is 0 Å². The van der Waals surface area contributed by atoms with E-state index in [0.29, 0.717) is 35.6 Å². The van der Waals surface area contributed by atoms with Gasteiger partial charge < -0.3 is 10.1 Å². The van der Waals surface area contributed by atoms with Crippen molar-refractivity contribution < 1.29 is 19.2 Å². The van der Waals surface area contributed by atoms with Crippen LogP contribution < -0.4 is 5.32 Å². The van der Waals surface area contributed by atoms with Crippen molar-refractivity contribution in [2.45, 2.75) is 26.9 Å². The molecule has 4 rings (SSSR count). The average Bonchev–Trinajstić information content (AvgIpc) is 3.44. The zero-order valence-electron chi connectivity index (χ0n) is 20.0. The van der Waals surface area contributed by atoms with Crippen LogP contribution in [0.25, 0.3) is 0 Å². The SMILES string of the molecule is COC(=O)c1ccccc1Cn1nc(C)c(NC(=O)c2ccc(Cn3cc([N+](=O)[O-])cn3)cc2)c1C. The van der Waals surface area contributed by atoms with Crippen LogP contribution in [0.4, 0.5) is 11.4 Å². The molecular formula is C25H24N6O5. The maximum Gasteiger partial charge on any atom is 0.338 e. The van der Waals surface area contributed by atoms with Crippen LogP contribution in [0.2, 0.25) is 0 Å². The summed E-state index contributed by atoms with van der Waals surface area (Å²) in [5.74, 6) is -0.716. The number of hydrogen-bond donors (Lipinski definition) is 1. The number of carbonyl (C=O) groups excluding carboxylic acids is 2. The number of amides is 1. The number of aromatic nitrogens is 4. The van der Waals surface area contributed by atoms with Gasteiger partial charge in [0.25, 0.3) is 5.91 Å². The molecule has 1 N–H and O–H groups in total. The van der Waals surface area contributed by atoms with Gasteiger partial charge in [-0.2, -0.15) is 10.2 Å². The third-order valence-corrected chi connectivity index (χ3v) is 5.75. The normalized spacial score (nSPS) is 10.8. The Kier molecular flexibility index (Phi) is 6.91. The minimum absolute atomic E-state index is 0.0777. The van der Waals surface area contributed by atoms with Crippen molar-refractivity contribution in [3.05, 3.63) is 105 Å². The first-order chi connectivity index (χ1) is 17.3. The zero-order chi connectivity index (χ0) is 25.8. The van der Waals surface area contributed by atoms with Crippen molar-refractivity contribution in [2.75, 3.05) is 12.4 Å². The molecule has 0 bridgehead atoms. The van der Waals surface area contributed by atoms with E-state index in [0.717, 1.165) is 16.8 Å². The lowest BCUT2D eigenvalue weighted by Gasteiger charge is -2.10. The number of hydrogen-bond acceptors (Lipinski definition) is 7. The summed E-state index contributed by atoms with van der Waals surface area (Å²) in [7, 11) is 1.34. The molecule has 0 atom stereocenters. The largest absolute Gasteiger partial charge is 0.465 e. The second kappa shape index (κ2) is 10.2. The van der Waals surface area contributed by atoms with Crippen molar-refractivity contribution in [1.82, 2.24) is 19.6 Å². The number of benzene rings is 2.